The standard InChI is InChI=1S/C13H18F3N3/c14-13(15,16)11-8-19-10(6-7-17-12(19)18-11)9-4-2-1-3-5-9/h8-10H,1-7H2,(H,17,18). The number of aromatic nitrogens is 2. The van der Waals surface area contributed by atoms with Crippen LogP contribution in [0.3, 0.4) is 0 Å². The average Bonchev–Trinajstić information content (AvgIpc) is 2.83. The Morgan fingerprint density at radius 1 is 1.16 bits per heavy atom. The molecule has 1 atom stereocenters. The first-order valence-electron chi connectivity index (χ1n) is 6.95. The van der Waals surface area contributed by atoms with Gasteiger partial charge in [-0.1, -0.05) is 19.3 Å². The van der Waals surface area contributed by atoms with E-state index in [2.05, 4.69) is 10.3 Å². The number of imidazole rings is 1. The van der Waals surface area contributed by atoms with Crippen LogP contribution in [-0.2, 0) is 6.18 Å². The summed E-state index contributed by atoms with van der Waals surface area (Å²) in [5.74, 6) is 0.888. The van der Waals surface area contributed by atoms with E-state index in [-0.39, 0.29) is 6.04 Å². The molecule has 0 amide bonds. The number of anilines is 1. The number of fused-ring (bicyclic) bond motifs is 1. The Labute approximate surface area is 110 Å². The molecule has 2 aliphatic rings. The van der Waals surface area contributed by atoms with E-state index in [4.69, 9.17) is 0 Å². The minimum Gasteiger partial charge on any atom is -0.356 e. The van der Waals surface area contributed by atoms with E-state index in [1.807, 2.05) is 0 Å². The summed E-state index contributed by atoms with van der Waals surface area (Å²) in [6.07, 6.45) is 3.63. The maximum Gasteiger partial charge on any atom is 0.434 e. The quantitative estimate of drug-likeness (QED) is 0.842. The minimum atomic E-state index is -4.36. The molecule has 0 saturated heterocycles. The zero-order valence-corrected chi connectivity index (χ0v) is 10.7. The molecule has 1 fully saturated rings. The normalized spacial score (nSPS) is 24.9. The Morgan fingerprint density at radius 3 is 2.58 bits per heavy atom. The van der Waals surface area contributed by atoms with E-state index >= 15 is 0 Å². The molecule has 1 N–H and O–H groups in total. The smallest absolute Gasteiger partial charge is 0.356 e. The van der Waals surface area contributed by atoms with Crippen LogP contribution in [0.2, 0.25) is 0 Å². The van der Waals surface area contributed by atoms with Gasteiger partial charge in [0.1, 0.15) is 0 Å². The fraction of sp³-hybridized carbons (Fsp3) is 0.769. The highest BCUT2D eigenvalue weighted by Gasteiger charge is 2.37. The molecule has 1 aromatic rings. The predicted molar refractivity (Wildman–Crippen MR) is 65.9 cm³/mol. The van der Waals surface area contributed by atoms with Crippen LogP contribution in [0.1, 0.15) is 50.3 Å². The predicted octanol–water partition coefficient (Wildman–Crippen LogP) is 3.84. The molecule has 0 spiro atoms. The zero-order valence-electron chi connectivity index (χ0n) is 10.7. The van der Waals surface area contributed by atoms with Gasteiger partial charge in [0.15, 0.2) is 5.69 Å². The SMILES string of the molecule is FC(F)(F)c1cn2c(n1)NCCC2C1CCCCC1. The largest absolute Gasteiger partial charge is 0.434 e. The average molecular weight is 273 g/mol. The summed E-state index contributed by atoms with van der Waals surface area (Å²) < 4.78 is 39.9. The van der Waals surface area contributed by atoms with Crippen LogP contribution in [0.5, 0.6) is 0 Å². The van der Waals surface area contributed by atoms with Crippen LogP contribution in [0.25, 0.3) is 0 Å². The zero-order chi connectivity index (χ0) is 13.5. The second kappa shape index (κ2) is 4.72. The molecule has 19 heavy (non-hydrogen) atoms. The van der Waals surface area contributed by atoms with Crippen molar-refractivity contribution < 1.29 is 13.2 Å². The number of hydrogen-bond donors (Lipinski definition) is 1. The Kier molecular flexibility index (Phi) is 3.19. The summed E-state index contributed by atoms with van der Waals surface area (Å²) in [7, 11) is 0. The lowest BCUT2D eigenvalue weighted by atomic mass is 9.82. The number of hydrogen-bond acceptors (Lipinski definition) is 2. The van der Waals surface area contributed by atoms with Crippen LogP contribution < -0.4 is 5.32 Å². The van der Waals surface area contributed by atoms with Crippen molar-refractivity contribution >= 4 is 5.95 Å². The third kappa shape index (κ3) is 2.44. The first-order valence-corrected chi connectivity index (χ1v) is 6.95. The van der Waals surface area contributed by atoms with Gasteiger partial charge in [0.05, 0.1) is 0 Å². The summed E-state index contributed by atoms with van der Waals surface area (Å²) in [5.41, 5.74) is -0.780. The number of nitrogens with one attached hydrogen (secondary N) is 1. The van der Waals surface area contributed by atoms with Crippen molar-refractivity contribution in [3.05, 3.63) is 11.9 Å². The lowest BCUT2D eigenvalue weighted by Gasteiger charge is -2.34. The molecule has 1 aliphatic heterocycles. The highest BCUT2D eigenvalue weighted by molar-refractivity contribution is 5.33. The summed E-state index contributed by atoms with van der Waals surface area (Å²) >= 11 is 0. The van der Waals surface area contributed by atoms with Crippen LogP contribution in [0, 0.1) is 5.92 Å². The van der Waals surface area contributed by atoms with Crippen molar-refractivity contribution in [3.63, 3.8) is 0 Å². The van der Waals surface area contributed by atoms with Gasteiger partial charge >= 0.3 is 6.18 Å². The topological polar surface area (TPSA) is 29.9 Å². The second-order valence-electron chi connectivity index (χ2n) is 5.54. The van der Waals surface area contributed by atoms with E-state index in [0.717, 1.165) is 25.8 Å². The third-order valence-corrected chi connectivity index (χ3v) is 4.30. The van der Waals surface area contributed by atoms with Gasteiger partial charge in [-0.15, -0.1) is 0 Å². The molecule has 0 bridgehead atoms. The number of nitrogens with zero attached hydrogens (tertiary/aromatic N) is 2. The second-order valence-corrected chi connectivity index (χ2v) is 5.54. The Balaban J connectivity index is 1.88. The lowest BCUT2D eigenvalue weighted by Crippen LogP contribution is -2.29. The molecule has 1 aromatic heterocycles. The first-order chi connectivity index (χ1) is 9.05. The van der Waals surface area contributed by atoms with Gasteiger partial charge < -0.3 is 9.88 Å². The molecule has 3 rings (SSSR count). The molecule has 106 valence electrons. The minimum absolute atomic E-state index is 0.181. The summed E-state index contributed by atoms with van der Waals surface area (Å²) in [6, 6.07) is 0.181. The molecular formula is C13H18F3N3. The van der Waals surface area contributed by atoms with Crippen LogP contribution in [0.4, 0.5) is 19.1 Å². The Bertz CT molecular complexity index is 446. The maximum absolute atomic E-state index is 12.7. The summed E-state index contributed by atoms with van der Waals surface area (Å²) in [6.45, 7) is 0.718. The van der Waals surface area contributed by atoms with Crippen LogP contribution in [0.15, 0.2) is 6.20 Å². The van der Waals surface area contributed by atoms with E-state index in [0.29, 0.717) is 11.9 Å². The molecule has 1 aliphatic carbocycles. The molecule has 2 heterocycles. The molecule has 1 saturated carbocycles. The first kappa shape index (κ1) is 12.8. The molecule has 1 unspecified atom stereocenters. The van der Waals surface area contributed by atoms with E-state index < -0.39 is 11.9 Å². The molecule has 0 aromatic carbocycles. The van der Waals surface area contributed by atoms with Crippen molar-refractivity contribution in [1.29, 1.82) is 0 Å². The number of alkyl halides is 3. The molecule has 6 heteroatoms. The number of halogens is 3. The highest BCUT2D eigenvalue weighted by Crippen LogP contribution is 2.40. The van der Waals surface area contributed by atoms with Crippen LogP contribution >= 0.6 is 0 Å². The van der Waals surface area contributed by atoms with Gasteiger partial charge in [0.2, 0.25) is 5.95 Å². The van der Waals surface area contributed by atoms with Crippen LogP contribution in [-0.4, -0.2) is 16.1 Å². The van der Waals surface area contributed by atoms with Gasteiger partial charge in [0, 0.05) is 18.8 Å². The van der Waals surface area contributed by atoms with Gasteiger partial charge in [-0.3, -0.25) is 0 Å². The van der Waals surface area contributed by atoms with Crippen molar-refractivity contribution in [1.82, 2.24) is 9.55 Å². The van der Waals surface area contributed by atoms with Gasteiger partial charge in [-0.25, -0.2) is 4.98 Å². The fourth-order valence-electron chi connectivity index (χ4n) is 3.37. The van der Waals surface area contributed by atoms with Gasteiger partial charge in [0.25, 0.3) is 0 Å². The highest BCUT2D eigenvalue weighted by atomic mass is 19.4. The van der Waals surface area contributed by atoms with Crippen molar-refractivity contribution in [3.8, 4) is 0 Å². The third-order valence-electron chi connectivity index (χ3n) is 4.30. The van der Waals surface area contributed by atoms with E-state index in [1.54, 1.807) is 4.57 Å². The molecule has 3 nitrogen and oxygen atoms in total. The van der Waals surface area contributed by atoms with E-state index in [1.165, 1.54) is 25.5 Å². The Hall–Kier alpha value is -1.20. The lowest BCUT2D eigenvalue weighted by molar-refractivity contribution is -0.140. The van der Waals surface area contributed by atoms with Crippen molar-refractivity contribution in [2.24, 2.45) is 5.92 Å². The van der Waals surface area contributed by atoms with Crippen molar-refractivity contribution in [2.75, 3.05) is 11.9 Å². The summed E-state index contributed by atoms with van der Waals surface area (Å²) in [5, 5.41) is 2.98. The van der Waals surface area contributed by atoms with Crippen molar-refractivity contribution in [2.45, 2.75) is 50.7 Å². The Morgan fingerprint density at radius 2 is 1.89 bits per heavy atom. The van der Waals surface area contributed by atoms with Gasteiger partial charge in [-0.05, 0) is 25.2 Å². The molecule has 0 radical (unpaired) electrons. The fourth-order valence-corrected chi connectivity index (χ4v) is 3.37. The molecular weight excluding hydrogens is 255 g/mol. The summed E-state index contributed by atoms with van der Waals surface area (Å²) in [4.78, 5) is 3.69. The maximum atomic E-state index is 12.7. The van der Waals surface area contributed by atoms with E-state index in [9.17, 15) is 13.2 Å². The number of rotatable bonds is 1. The van der Waals surface area contributed by atoms with Gasteiger partial charge in [-0.2, -0.15) is 13.2 Å². The monoisotopic (exact) mass is 273 g/mol.